The first-order valence-electron chi connectivity index (χ1n) is 9.23. The molecule has 5 heteroatoms. The Morgan fingerprint density at radius 1 is 1.13 bits per heavy atom. The van der Waals surface area contributed by atoms with Gasteiger partial charge in [0.25, 0.3) is 0 Å². The third-order valence-electron chi connectivity index (χ3n) is 4.34. The third-order valence-corrected chi connectivity index (χ3v) is 4.34. The summed E-state index contributed by atoms with van der Waals surface area (Å²) in [4.78, 5) is 0. The lowest BCUT2D eigenvalue weighted by molar-refractivity contribution is -0.309. The van der Waals surface area contributed by atoms with E-state index < -0.39 is 5.79 Å². The molecule has 0 spiro atoms. The number of hydrogen-bond donors (Lipinski definition) is 0. The smallest absolute Gasteiger partial charge is 0.171 e. The normalized spacial score (nSPS) is 29.1. The molecule has 1 heterocycles. The van der Waals surface area contributed by atoms with E-state index in [4.69, 9.17) is 23.7 Å². The SMILES string of the molecule is CCOC1(O[C@@H]2C[C@@H](OC(C)OCC(C)C)CO2)CCCCC1. The van der Waals surface area contributed by atoms with Gasteiger partial charge in [0.05, 0.1) is 19.3 Å². The summed E-state index contributed by atoms with van der Waals surface area (Å²) in [6.45, 7) is 10.2. The molecule has 0 bridgehead atoms. The van der Waals surface area contributed by atoms with Crippen molar-refractivity contribution in [2.75, 3.05) is 19.8 Å². The Bertz CT molecular complexity index is 322. The van der Waals surface area contributed by atoms with Crippen LogP contribution in [0.1, 0.15) is 66.2 Å². The van der Waals surface area contributed by atoms with Crippen molar-refractivity contribution < 1.29 is 23.7 Å². The summed E-state index contributed by atoms with van der Waals surface area (Å²) in [5, 5.41) is 0. The minimum Gasteiger partial charge on any atom is -0.353 e. The van der Waals surface area contributed by atoms with Gasteiger partial charge in [0.15, 0.2) is 18.4 Å². The molecule has 5 nitrogen and oxygen atoms in total. The topological polar surface area (TPSA) is 46.2 Å². The van der Waals surface area contributed by atoms with Crippen molar-refractivity contribution in [3.63, 3.8) is 0 Å². The zero-order chi connectivity index (χ0) is 16.7. The van der Waals surface area contributed by atoms with Crippen LogP contribution in [0.4, 0.5) is 0 Å². The average molecular weight is 330 g/mol. The summed E-state index contributed by atoms with van der Waals surface area (Å²) in [6, 6.07) is 0. The summed E-state index contributed by atoms with van der Waals surface area (Å²) in [5.74, 6) is 0.0566. The highest BCUT2D eigenvalue weighted by Gasteiger charge is 2.39. The van der Waals surface area contributed by atoms with Crippen LogP contribution in [-0.4, -0.2) is 44.3 Å². The molecule has 1 unspecified atom stereocenters. The molecule has 0 aromatic heterocycles. The number of rotatable bonds is 9. The molecular formula is C18H34O5. The lowest BCUT2D eigenvalue weighted by Gasteiger charge is -2.38. The van der Waals surface area contributed by atoms with Gasteiger partial charge in [-0.05, 0) is 32.6 Å². The molecule has 136 valence electrons. The van der Waals surface area contributed by atoms with Crippen molar-refractivity contribution in [2.24, 2.45) is 5.92 Å². The van der Waals surface area contributed by atoms with Crippen LogP contribution in [0, 0.1) is 5.92 Å². The van der Waals surface area contributed by atoms with E-state index in [1.54, 1.807) is 0 Å². The van der Waals surface area contributed by atoms with E-state index in [1.165, 1.54) is 6.42 Å². The fourth-order valence-electron chi connectivity index (χ4n) is 3.27. The van der Waals surface area contributed by atoms with Crippen LogP contribution < -0.4 is 0 Å². The van der Waals surface area contributed by atoms with Gasteiger partial charge in [-0.15, -0.1) is 0 Å². The van der Waals surface area contributed by atoms with E-state index in [2.05, 4.69) is 13.8 Å². The molecule has 2 fully saturated rings. The highest BCUT2D eigenvalue weighted by molar-refractivity contribution is 4.78. The molecule has 3 atom stereocenters. The minimum absolute atomic E-state index is 0.0319. The highest BCUT2D eigenvalue weighted by atomic mass is 16.8. The second kappa shape index (κ2) is 9.33. The maximum Gasteiger partial charge on any atom is 0.171 e. The molecule has 1 aliphatic heterocycles. The van der Waals surface area contributed by atoms with Crippen LogP contribution in [0.25, 0.3) is 0 Å². The van der Waals surface area contributed by atoms with Gasteiger partial charge in [0.2, 0.25) is 0 Å². The van der Waals surface area contributed by atoms with E-state index in [9.17, 15) is 0 Å². The summed E-state index contributed by atoms with van der Waals surface area (Å²) in [5.41, 5.74) is 0. The van der Waals surface area contributed by atoms with Crippen LogP contribution in [0.15, 0.2) is 0 Å². The van der Waals surface area contributed by atoms with E-state index in [1.807, 2.05) is 13.8 Å². The molecule has 23 heavy (non-hydrogen) atoms. The average Bonchev–Trinajstić information content (AvgIpc) is 2.93. The van der Waals surface area contributed by atoms with Gasteiger partial charge in [0, 0.05) is 25.9 Å². The fourth-order valence-corrected chi connectivity index (χ4v) is 3.27. The van der Waals surface area contributed by atoms with E-state index in [0.717, 1.165) is 32.1 Å². The third kappa shape index (κ3) is 6.31. The first-order valence-corrected chi connectivity index (χ1v) is 9.23. The first kappa shape index (κ1) is 19.1. The summed E-state index contributed by atoms with van der Waals surface area (Å²) in [6.07, 6.45) is 5.83. The molecule has 2 rings (SSSR count). The summed E-state index contributed by atoms with van der Waals surface area (Å²) >= 11 is 0. The molecule has 1 aliphatic carbocycles. The highest BCUT2D eigenvalue weighted by Crippen LogP contribution is 2.36. The van der Waals surface area contributed by atoms with Gasteiger partial charge in [-0.3, -0.25) is 0 Å². The van der Waals surface area contributed by atoms with Crippen LogP contribution >= 0.6 is 0 Å². The van der Waals surface area contributed by atoms with E-state index in [0.29, 0.717) is 25.7 Å². The van der Waals surface area contributed by atoms with Crippen molar-refractivity contribution in [3.8, 4) is 0 Å². The minimum atomic E-state index is -0.452. The second-order valence-corrected chi connectivity index (χ2v) is 7.07. The Morgan fingerprint density at radius 3 is 2.52 bits per heavy atom. The Hall–Kier alpha value is -0.200. The van der Waals surface area contributed by atoms with Gasteiger partial charge in [-0.1, -0.05) is 20.3 Å². The summed E-state index contributed by atoms with van der Waals surface area (Å²) < 4.78 is 29.5. The predicted octanol–water partition coefficient (Wildman–Crippen LogP) is 3.85. The molecule has 0 aromatic carbocycles. The molecular weight excluding hydrogens is 296 g/mol. The standard InChI is InChI=1S/C18H34O5/c1-5-21-18(9-7-6-8-10-18)23-17-11-16(13-20-17)22-15(4)19-12-14(2)3/h14-17H,5-13H2,1-4H3/t15?,16-,17-/m1/s1. The molecule has 1 saturated carbocycles. The van der Waals surface area contributed by atoms with Gasteiger partial charge < -0.3 is 23.7 Å². The molecule has 2 aliphatic rings. The maximum absolute atomic E-state index is 6.23. The monoisotopic (exact) mass is 330 g/mol. The Balaban J connectivity index is 1.75. The number of ether oxygens (including phenoxy) is 5. The van der Waals surface area contributed by atoms with E-state index in [-0.39, 0.29) is 18.7 Å². The number of hydrogen-bond acceptors (Lipinski definition) is 5. The predicted molar refractivity (Wildman–Crippen MR) is 88.0 cm³/mol. The quantitative estimate of drug-likeness (QED) is 0.601. The fraction of sp³-hybridized carbons (Fsp3) is 1.00. The van der Waals surface area contributed by atoms with Gasteiger partial charge in [-0.2, -0.15) is 0 Å². The van der Waals surface area contributed by atoms with Crippen molar-refractivity contribution in [1.82, 2.24) is 0 Å². The first-order chi connectivity index (χ1) is 11.0. The van der Waals surface area contributed by atoms with Crippen molar-refractivity contribution in [1.29, 1.82) is 0 Å². The second-order valence-electron chi connectivity index (χ2n) is 7.07. The van der Waals surface area contributed by atoms with Gasteiger partial charge in [-0.25, -0.2) is 0 Å². The molecule has 1 saturated heterocycles. The molecule has 0 N–H and O–H groups in total. The zero-order valence-electron chi connectivity index (χ0n) is 15.2. The lowest BCUT2D eigenvalue weighted by Crippen LogP contribution is -2.41. The van der Waals surface area contributed by atoms with Crippen LogP contribution in [0.3, 0.4) is 0 Å². The van der Waals surface area contributed by atoms with Gasteiger partial charge in [0.1, 0.15) is 0 Å². The van der Waals surface area contributed by atoms with Crippen molar-refractivity contribution in [3.05, 3.63) is 0 Å². The summed E-state index contributed by atoms with van der Waals surface area (Å²) in [7, 11) is 0. The lowest BCUT2D eigenvalue weighted by atomic mass is 9.94. The van der Waals surface area contributed by atoms with Crippen LogP contribution in [0.2, 0.25) is 0 Å². The van der Waals surface area contributed by atoms with E-state index >= 15 is 0 Å². The van der Waals surface area contributed by atoms with Crippen LogP contribution in [0.5, 0.6) is 0 Å². The molecule has 0 radical (unpaired) electrons. The Kier molecular flexibility index (Phi) is 7.76. The van der Waals surface area contributed by atoms with Crippen LogP contribution in [-0.2, 0) is 23.7 Å². The Labute approximate surface area is 140 Å². The Morgan fingerprint density at radius 2 is 1.87 bits per heavy atom. The van der Waals surface area contributed by atoms with Crippen molar-refractivity contribution in [2.45, 2.75) is 90.7 Å². The van der Waals surface area contributed by atoms with Gasteiger partial charge >= 0.3 is 0 Å². The maximum atomic E-state index is 6.23. The largest absolute Gasteiger partial charge is 0.353 e. The van der Waals surface area contributed by atoms with Crippen molar-refractivity contribution >= 4 is 0 Å². The zero-order valence-corrected chi connectivity index (χ0v) is 15.2. The molecule has 0 aromatic rings. The molecule has 0 amide bonds.